The van der Waals surface area contributed by atoms with Gasteiger partial charge in [-0.3, -0.25) is 4.79 Å². The van der Waals surface area contributed by atoms with Crippen LogP contribution in [0.1, 0.15) is 20.9 Å². The maximum absolute atomic E-state index is 11.8. The molecule has 0 bridgehead atoms. The predicted molar refractivity (Wildman–Crippen MR) is 80.5 cm³/mol. The van der Waals surface area contributed by atoms with Crippen LogP contribution in [-0.4, -0.2) is 5.91 Å². The Morgan fingerprint density at radius 3 is 2.89 bits per heavy atom. The normalized spacial score (nSPS) is 10.6. The maximum Gasteiger partial charge on any atom is 0.249 e. The highest BCUT2D eigenvalue weighted by molar-refractivity contribution is 7.16. The number of hydrogen-bond acceptors (Lipinski definition) is 4. The minimum Gasteiger partial charge on any atom is -0.313 e. The van der Waals surface area contributed by atoms with Crippen LogP contribution in [0.25, 0.3) is 6.08 Å². The Morgan fingerprint density at radius 1 is 1.47 bits per heavy atom. The number of rotatable bonds is 3. The summed E-state index contributed by atoms with van der Waals surface area (Å²) in [5.41, 5.74) is 1.49. The Balaban J connectivity index is 2.12. The molecule has 2 aromatic rings. The minimum absolute atomic E-state index is 0.217. The summed E-state index contributed by atoms with van der Waals surface area (Å²) in [6, 6.07) is 6.01. The van der Waals surface area contributed by atoms with Crippen molar-refractivity contribution in [1.82, 2.24) is 0 Å². The smallest absolute Gasteiger partial charge is 0.249 e. The molecule has 0 aliphatic carbocycles. The molecule has 96 valence electrons. The van der Waals surface area contributed by atoms with Crippen LogP contribution in [0.3, 0.4) is 0 Å². The van der Waals surface area contributed by atoms with Crippen LogP contribution in [-0.2, 0) is 4.79 Å². The highest BCUT2D eigenvalue weighted by atomic mass is 32.1. The average molecular weight is 288 g/mol. The van der Waals surface area contributed by atoms with E-state index in [2.05, 4.69) is 11.4 Å². The second kappa shape index (κ2) is 5.83. The molecule has 0 fully saturated rings. The Labute approximate surface area is 119 Å². The third-order valence-electron chi connectivity index (χ3n) is 2.68. The fourth-order valence-electron chi connectivity index (χ4n) is 1.55. The van der Waals surface area contributed by atoms with Gasteiger partial charge in [0.2, 0.25) is 5.91 Å². The lowest BCUT2D eigenvalue weighted by atomic mass is 10.2. The molecule has 1 amide bonds. The summed E-state index contributed by atoms with van der Waals surface area (Å²) in [7, 11) is 0. The van der Waals surface area contributed by atoms with Crippen molar-refractivity contribution >= 4 is 39.7 Å². The van der Waals surface area contributed by atoms with E-state index in [1.807, 2.05) is 31.4 Å². The van der Waals surface area contributed by atoms with Gasteiger partial charge < -0.3 is 5.32 Å². The average Bonchev–Trinajstić information content (AvgIpc) is 2.97. The third kappa shape index (κ3) is 3.11. The van der Waals surface area contributed by atoms with Crippen molar-refractivity contribution in [3.8, 4) is 6.07 Å². The zero-order valence-electron chi connectivity index (χ0n) is 10.6. The van der Waals surface area contributed by atoms with E-state index >= 15 is 0 Å². The molecule has 2 aromatic heterocycles. The lowest BCUT2D eigenvalue weighted by Gasteiger charge is -1.98. The molecule has 1 N–H and O–H groups in total. The number of aryl methyl sites for hydroxylation is 1. The van der Waals surface area contributed by atoms with Gasteiger partial charge in [0.1, 0.15) is 11.1 Å². The van der Waals surface area contributed by atoms with Crippen LogP contribution >= 0.6 is 22.7 Å². The highest BCUT2D eigenvalue weighted by Crippen LogP contribution is 2.31. The van der Waals surface area contributed by atoms with Crippen LogP contribution in [0.4, 0.5) is 5.00 Å². The Hall–Kier alpha value is -1.90. The first-order valence-electron chi connectivity index (χ1n) is 5.64. The van der Waals surface area contributed by atoms with Gasteiger partial charge in [-0.2, -0.15) is 5.26 Å². The van der Waals surface area contributed by atoms with E-state index in [1.54, 1.807) is 17.4 Å². The van der Waals surface area contributed by atoms with Gasteiger partial charge >= 0.3 is 0 Å². The molecule has 3 nitrogen and oxygen atoms in total. The summed E-state index contributed by atoms with van der Waals surface area (Å²) in [6.07, 6.45) is 3.25. The van der Waals surface area contributed by atoms with Crippen molar-refractivity contribution < 1.29 is 4.79 Å². The molecule has 0 spiro atoms. The lowest BCUT2D eigenvalue weighted by molar-refractivity contribution is -0.111. The first kappa shape index (κ1) is 13.5. The molecule has 5 heteroatoms. The highest BCUT2D eigenvalue weighted by Gasteiger charge is 2.13. The lowest BCUT2D eigenvalue weighted by Crippen LogP contribution is -2.07. The molecule has 19 heavy (non-hydrogen) atoms. The first-order valence-corrected chi connectivity index (χ1v) is 7.34. The summed E-state index contributed by atoms with van der Waals surface area (Å²) in [5, 5.41) is 14.4. The van der Waals surface area contributed by atoms with Crippen molar-refractivity contribution in [2.75, 3.05) is 5.32 Å². The van der Waals surface area contributed by atoms with Crippen LogP contribution in [0.2, 0.25) is 0 Å². The Bertz CT molecular complexity index is 660. The van der Waals surface area contributed by atoms with E-state index in [-0.39, 0.29) is 5.91 Å². The van der Waals surface area contributed by atoms with E-state index in [4.69, 9.17) is 5.26 Å². The monoisotopic (exact) mass is 288 g/mol. The Morgan fingerprint density at radius 2 is 2.26 bits per heavy atom. The minimum atomic E-state index is -0.217. The van der Waals surface area contributed by atoms with E-state index in [0.29, 0.717) is 10.6 Å². The summed E-state index contributed by atoms with van der Waals surface area (Å²) in [4.78, 5) is 13.9. The SMILES string of the molecule is Cc1sc(NC(=O)C=Cc2cccs2)c(C#N)c1C. The second-order valence-corrected chi connectivity index (χ2v) is 6.14. The van der Waals surface area contributed by atoms with Gasteiger partial charge in [-0.1, -0.05) is 6.07 Å². The van der Waals surface area contributed by atoms with Gasteiger partial charge in [0.05, 0.1) is 5.56 Å². The molecular formula is C14H12N2OS2. The van der Waals surface area contributed by atoms with Crippen LogP contribution in [0, 0.1) is 25.2 Å². The van der Waals surface area contributed by atoms with Crippen molar-refractivity contribution in [3.05, 3.63) is 44.5 Å². The topological polar surface area (TPSA) is 52.9 Å². The van der Waals surface area contributed by atoms with Crippen LogP contribution < -0.4 is 5.32 Å². The van der Waals surface area contributed by atoms with Crippen molar-refractivity contribution in [1.29, 1.82) is 5.26 Å². The van der Waals surface area contributed by atoms with Gasteiger partial charge in [0.15, 0.2) is 0 Å². The number of thiophene rings is 2. The van der Waals surface area contributed by atoms with Gasteiger partial charge in [-0.05, 0) is 36.9 Å². The molecule has 0 unspecified atom stereocenters. The maximum atomic E-state index is 11.8. The number of nitrogens with one attached hydrogen (secondary N) is 1. The van der Waals surface area contributed by atoms with E-state index < -0.39 is 0 Å². The Kier molecular flexibility index (Phi) is 4.15. The van der Waals surface area contributed by atoms with Gasteiger partial charge in [0, 0.05) is 15.8 Å². The summed E-state index contributed by atoms with van der Waals surface area (Å²) >= 11 is 3.00. The number of carbonyl (C=O) groups is 1. The molecule has 0 atom stereocenters. The largest absolute Gasteiger partial charge is 0.313 e. The molecule has 2 heterocycles. The van der Waals surface area contributed by atoms with Crippen LogP contribution in [0.5, 0.6) is 0 Å². The van der Waals surface area contributed by atoms with E-state index in [0.717, 1.165) is 15.3 Å². The van der Waals surface area contributed by atoms with Crippen molar-refractivity contribution in [2.45, 2.75) is 13.8 Å². The second-order valence-electron chi connectivity index (χ2n) is 3.94. The number of anilines is 1. The quantitative estimate of drug-likeness (QED) is 0.869. The number of hydrogen-bond donors (Lipinski definition) is 1. The first-order chi connectivity index (χ1) is 9.11. The zero-order valence-corrected chi connectivity index (χ0v) is 12.2. The number of amides is 1. The summed E-state index contributed by atoms with van der Waals surface area (Å²) < 4.78 is 0. The molecule has 2 rings (SSSR count). The molecule has 0 aliphatic heterocycles. The molecule has 0 radical (unpaired) electrons. The number of carbonyl (C=O) groups excluding carboxylic acids is 1. The number of nitrogens with zero attached hydrogens (tertiary/aromatic N) is 1. The molecule has 0 aromatic carbocycles. The number of nitriles is 1. The fourth-order valence-corrected chi connectivity index (χ4v) is 3.18. The van der Waals surface area contributed by atoms with Gasteiger partial charge in [-0.25, -0.2) is 0 Å². The van der Waals surface area contributed by atoms with E-state index in [1.165, 1.54) is 17.4 Å². The van der Waals surface area contributed by atoms with Gasteiger partial charge in [-0.15, -0.1) is 22.7 Å². The molecule has 0 saturated carbocycles. The fraction of sp³-hybridized carbons (Fsp3) is 0.143. The molecular weight excluding hydrogens is 276 g/mol. The zero-order chi connectivity index (χ0) is 13.8. The van der Waals surface area contributed by atoms with Gasteiger partial charge in [0.25, 0.3) is 0 Å². The molecule has 0 saturated heterocycles. The summed E-state index contributed by atoms with van der Waals surface area (Å²) in [6.45, 7) is 3.83. The van der Waals surface area contributed by atoms with E-state index in [9.17, 15) is 4.79 Å². The van der Waals surface area contributed by atoms with Crippen molar-refractivity contribution in [2.24, 2.45) is 0 Å². The molecule has 0 aliphatic rings. The third-order valence-corrected chi connectivity index (χ3v) is 4.64. The summed E-state index contributed by atoms with van der Waals surface area (Å²) in [5.74, 6) is -0.217. The predicted octanol–water partition coefficient (Wildman–Crippen LogP) is 3.95. The standard InChI is InChI=1S/C14H12N2OS2/c1-9-10(2)19-14(12(9)8-15)16-13(17)6-5-11-4-3-7-18-11/h3-7H,1-2H3,(H,16,17). The van der Waals surface area contributed by atoms with Crippen LogP contribution in [0.15, 0.2) is 23.6 Å². The van der Waals surface area contributed by atoms with Crippen molar-refractivity contribution in [3.63, 3.8) is 0 Å².